The Morgan fingerprint density at radius 2 is 0.894 bits per heavy atom. The smallest absolute Gasteiger partial charge is 0.417 e. The SMILES string of the molecule is COc1c(F)cccc1C(=O)N1CCC[C@@H](Nc2ccc(Br)cn2)[C@H]1C.C[C@@H]1[C@H](Nc2ccc(Br)cn2)CCCN1C(=O)c1ccccc1-n1nccn1.C[C@@H]1[C@H](Nc2ccc(C(F)(F)F)cn2)CCCN1C(=O)c1ccccc1-n1nccn1. The Morgan fingerprint density at radius 3 is 1.26 bits per heavy atom. The number of rotatable bonds is 12. The van der Waals surface area contributed by atoms with Crippen molar-refractivity contribution in [3.63, 3.8) is 0 Å². The molecule has 3 aliphatic rings. The van der Waals surface area contributed by atoms with Crippen molar-refractivity contribution in [3.05, 3.63) is 184 Å². The molecule has 3 saturated heterocycles. The molecule has 0 radical (unpaired) electrons. The van der Waals surface area contributed by atoms with Crippen molar-refractivity contribution >= 4 is 67.0 Å². The Balaban J connectivity index is 0.000000153. The molecule has 0 spiro atoms. The Morgan fingerprint density at radius 1 is 0.518 bits per heavy atom. The Hall–Kier alpha value is -8.32. The van der Waals surface area contributed by atoms with E-state index in [0.29, 0.717) is 41.4 Å². The first-order valence-electron chi connectivity index (χ1n) is 27.7. The fraction of sp³-hybridized carbons (Fsp3) is 0.333. The first-order valence-corrected chi connectivity index (χ1v) is 29.3. The summed E-state index contributed by atoms with van der Waals surface area (Å²) in [5, 5.41) is 26.7. The molecule has 444 valence electrons. The third kappa shape index (κ3) is 15.0. The summed E-state index contributed by atoms with van der Waals surface area (Å²) in [5.74, 6) is 1.02. The van der Waals surface area contributed by atoms with Crippen LogP contribution < -0.4 is 20.7 Å². The molecular weight excluding hydrogens is 1230 g/mol. The van der Waals surface area contributed by atoms with E-state index in [1.807, 2.05) is 73.3 Å². The minimum Gasteiger partial charge on any atom is -0.493 e. The van der Waals surface area contributed by atoms with Crippen molar-refractivity contribution in [2.75, 3.05) is 42.7 Å². The van der Waals surface area contributed by atoms with E-state index in [2.05, 4.69) is 90.1 Å². The van der Waals surface area contributed by atoms with Gasteiger partial charge in [0.1, 0.15) is 17.5 Å². The number of hydrogen-bond donors (Lipinski definition) is 3. The molecule has 25 heteroatoms. The van der Waals surface area contributed by atoms with Crippen LogP contribution in [0, 0.1) is 5.82 Å². The molecule has 6 atom stereocenters. The summed E-state index contributed by atoms with van der Waals surface area (Å²) in [4.78, 5) is 60.8. The normalized spacial score (nSPS) is 19.5. The van der Waals surface area contributed by atoms with Gasteiger partial charge in [-0.1, -0.05) is 30.3 Å². The third-order valence-electron chi connectivity index (χ3n) is 15.2. The van der Waals surface area contributed by atoms with E-state index < -0.39 is 17.6 Å². The molecule has 11 rings (SSSR count). The van der Waals surface area contributed by atoms with Crippen molar-refractivity contribution in [1.82, 2.24) is 59.6 Å². The molecule has 0 aliphatic carbocycles. The highest BCUT2D eigenvalue weighted by Crippen LogP contribution is 2.32. The molecule has 0 bridgehead atoms. The molecule has 8 heterocycles. The summed E-state index contributed by atoms with van der Waals surface area (Å²) in [7, 11) is 1.37. The molecule has 3 aromatic carbocycles. The molecule has 3 amide bonds. The van der Waals surface area contributed by atoms with Gasteiger partial charge in [0, 0.05) is 83.4 Å². The molecule has 3 aliphatic heterocycles. The lowest BCUT2D eigenvalue weighted by Gasteiger charge is -2.40. The summed E-state index contributed by atoms with van der Waals surface area (Å²) in [6, 6.07) is 28.9. The van der Waals surface area contributed by atoms with Gasteiger partial charge in [-0.05, 0) is 164 Å². The van der Waals surface area contributed by atoms with Gasteiger partial charge in [0.15, 0.2) is 11.6 Å². The van der Waals surface area contributed by atoms with Gasteiger partial charge in [0.25, 0.3) is 17.7 Å². The molecule has 19 nitrogen and oxygen atoms in total. The molecule has 5 aromatic heterocycles. The van der Waals surface area contributed by atoms with E-state index >= 15 is 0 Å². The van der Waals surface area contributed by atoms with Crippen molar-refractivity contribution in [3.8, 4) is 17.1 Å². The van der Waals surface area contributed by atoms with Crippen LogP contribution in [0.3, 0.4) is 0 Å². The van der Waals surface area contributed by atoms with Crippen LogP contribution in [0.1, 0.15) is 95.9 Å². The predicted molar refractivity (Wildman–Crippen MR) is 320 cm³/mol. The summed E-state index contributed by atoms with van der Waals surface area (Å²) >= 11 is 6.78. The zero-order valence-corrected chi connectivity index (χ0v) is 50.1. The number of para-hydroxylation sites is 3. The number of halogens is 6. The zero-order valence-electron chi connectivity index (χ0n) is 47.0. The zero-order chi connectivity index (χ0) is 60.2. The van der Waals surface area contributed by atoms with Gasteiger partial charge in [-0.3, -0.25) is 14.4 Å². The van der Waals surface area contributed by atoms with Gasteiger partial charge in [-0.2, -0.15) is 43.2 Å². The lowest BCUT2D eigenvalue weighted by atomic mass is 9.96. The number of alkyl halides is 3. The summed E-state index contributed by atoms with van der Waals surface area (Å²) in [5.41, 5.74) is 1.82. The van der Waals surface area contributed by atoms with Crippen LogP contribution in [0.15, 0.2) is 155 Å². The number of pyridine rings is 3. The van der Waals surface area contributed by atoms with Crippen LogP contribution >= 0.6 is 31.9 Å². The van der Waals surface area contributed by atoms with Crippen LogP contribution in [0.2, 0.25) is 0 Å². The topological polar surface area (TPSA) is 206 Å². The number of nitrogens with zero attached hydrogens (tertiary/aromatic N) is 12. The number of anilines is 3. The second-order valence-electron chi connectivity index (χ2n) is 20.5. The largest absolute Gasteiger partial charge is 0.493 e. The molecule has 0 saturated carbocycles. The van der Waals surface area contributed by atoms with E-state index in [1.54, 1.807) is 71.2 Å². The quantitative estimate of drug-likeness (QED) is 0.0974. The van der Waals surface area contributed by atoms with E-state index in [0.717, 1.165) is 77.9 Å². The lowest BCUT2D eigenvalue weighted by molar-refractivity contribution is -0.137. The third-order valence-corrected chi connectivity index (χ3v) is 16.2. The Bertz CT molecular complexity index is 3490. The van der Waals surface area contributed by atoms with Gasteiger partial charge in [0.2, 0.25) is 0 Å². The monoisotopic (exact) mass is 1290 g/mol. The molecular formula is C60H63Br2F4N15O4. The number of aromatic nitrogens is 9. The minimum atomic E-state index is -4.43. The fourth-order valence-corrected chi connectivity index (χ4v) is 11.2. The summed E-state index contributed by atoms with van der Waals surface area (Å²) < 4.78 is 59.2. The maximum atomic E-state index is 14.0. The van der Waals surface area contributed by atoms with Crippen molar-refractivity contribution in [1.29, 1.82) is 0 Å². The number of amides is 3. The summed E-state index contributed by atoms with van der Waals surface area (Å²) in [6.07, 6.45) is 11.4. The lowest BCUT2D eigenvalue weighted by Crippen LogP contribution is -2.52. The molecule has 85 heavy (non-hydrogen) atoms. The average Bonchev–Trinajstić information content (AvgIpc) is 3.86. The number of hydrogen-bond acceptors (Lipinski definition) is 14. The van der Waals surface area contributed by atoms with Gasteiger partial charge in [-0.25, -0.2) is 19.3 Å². The minimum absolute atomic E-state index is 0.00401. The highest BCUT2D eigenvalue weighted by atomic mass is 79.9. The second kappa shape index (κ2) is 28.0. The highest BCUT2D eigenvalue weighted by Gasteiger charge is 2.37. The van der Waals surface area contributed by atoms with Crippen LogP contribution in [0.5, 0.6) is 5.75 Å². The number of benzene rings is 3. The van der Waals surface area contributed by atoms with Crippen molar-refractivity contribution in [2.45, 2.75) is 102 Å². The van der Waals surface area contributed by atoms with Crippen LogP contribution in [0.25, 0.3) is 11.4 Å². The summed E-state index contributed by atoms with van der Waals surface area (Å²) in [6.45, 7) is 7.95. The molecule has 3 N–H and O–H groups in total. The number of nitrogens with one attached hydrogen (secondary N) is 3. The highest BCUT2D eigenvalue weighted by molar-refractivity contribution is 9.10. The Labute approximate surface area is 505 Å². The van der Waals surface area contributed by atoms with Gasteiger partial charge in [0.05, 0.1) is 65.5 Å². The number of carbonyl (C=O) groups is 3. The van der Waals surface area contributed by atoms with Crippen LogP contribution in [-0.2, 0) is 6.18 Å². The second-order valence-corrected chi connectivity index (χ2v) is 22.4. The van der Waals surface area contributed by atoms with Crippen LogP contribution in [-0.4, -0.2) is 140 Å². The molecule has 3 fully saturated rings. The maximum absolute atomic E-state index is 14.0. The van der Waals surface area contributed by atoms with Crippen molar-refractivity contribution in [2.24, 2.45) is 0 Å². The first kappa shape index (κ1) is 61.2. The van der Waals surface area contributed by atoms with Gasteiger partial charge >= 0.3 is 6.18 Å². The standard InChI is InChI=1S/C21H21F3N6O.C20H21BrN6O.C19H21BrFN3O2/c1-14-17(28-19-9-8-15(13-25-19)21(22,23)24)6-4-12-29(14)20(31)16-5-2-3-7-18(16)30-26-10-11-27-30;1-14-17(25-19-9-8-15(21)13-22-19)6-4-12-26(14)20(28)16-5-2-3-7-18(16)27-23-10-11-24-27;1-12-16(23-17-9-8-13(20)11-22-17)7-4-10-24(12)19(25)14-5-3-6-15(21)18(14)26-2/h2-3,5,7-11,13-14,17H,4,6,12H2,1H3,(H,25,28);2-3,5,7-11,13-14,17H,4,6,12H2,1H3,(H,22,25);3,5-6,8-9,11-12,16H,4,7,10H2,1-2H3,(H,22,23)/t2*14-,17-;12-,16-/m111/s1. The van der Waals surface area contributed by atoms with Crippen molar-refractivity contribution < 1.29 is 36.7 Å². The predicted octanol–water partition coefficient (Wildman–Crippen LogP) is 11.4. The first-order chi connectivity index (χ1) is 41.0. The average molecular weight is 1290 g/mol. The van der Waals surface area contributed by atoms with E-state index in [9.17, 15) is 31.9 Å². The number of likely N-dealkylation sites (tertiary alicyclic amines) is 3. The van der Waals surface area contributed by atoms with E-state index in [-0.39, 0.29) is 65.3 Å². The Kier molecular flexibility index (Phi) is 20.2. The van der Waals surface area contributed by atoms with E-state index in [4.69, 9.17) is 4.74 Å². The molecule has 0 unspecified atom stereocenters. The number of piperidine rings is 3. The molecule has 8 aromatic rings. The number of carbonyl (C=O) groups excluding carboxylic acids is 3. The number of methoxy groups -OCH3 is 1. The number of ether oxygens (including phenoxy) is 1. The maximum Gasteiger partial charge on any atom is 0.417 e. The van der Waals surface area contributed by atoms with E-state index in [1.165, 1.54) is 34.9 Å². The van der Waals surface area contributed by atoms with Gasteiger partial charge < -0.3 is 35.4 Å². The van der Waals surface area contributed by atoms with Gasteiger partial charge in [-0.15, -0.1) is 0 Å². The fourth-order valence-electron chi connectivity index (χ4n) is 10.7. The van der Waals surface area contributed by atoms with Crippen LogP contribution in [0.4, 0.5) is 35.0 Å².